The molecule has 1 N–H and O–H groups in total. The first-order valence-corrected chi connectivity index (χ1v) is 9.06. The molecule has 8 heteroatoms. The summed E-state index contributed by atoms with van der Waals surface area (Å²) in [4.78, 5) is 4.07. The first-order valence-electron chi connectivity index (χ1n) is 7.58. The molecule has 130 valence electrons. The molecule has 3 aromatic rings. The zero-order valence-electron chi connectivity index (χ0n) is 13.8. The second-order valence-electron chi connectivity index (χ2n) is 5.71. The van der Waals surface area contributed by atoms with E-state index in [0.29, 0.717) is 5.56 Å². The van der Waals surface area contributed by atoms with Gasteiger partial charge < -0.3 is 0 Å². The number of hydrogen-bond acceptors (Lipinski definition) is 4. The predicted molar refractivity (Wildman–Crippen MR) is 92.2 cm³/mol. The van der Waals surface area contributed by atoms with Gasteiger partial charge in [-0.1, -0.05) is 24.3 Å². The van der Waals surface area contributed by atoms with Crippen molar-refractivity contribution in [3.05, 3.63) is 71.3 Å². The van der Waals surface area contributed by atoms with Gasteiger partial charge in [-0.2, -0.15) is 4.98 Å². The van der Waals surface area contributed by atoms with E-state index in [0.717, 1.165) is 11.1 Å². The van der Waals surface area contributed by atoms with E-state index in [9.17, 15) is 12.8 Å². The zero-order chi connectivity index (χ0) is 18.0. The molecule has 0 spiro atoms. The van der Waals surface area contributed by atoms with Crippen LogP contribution >= 0.6 is 0 Å². The van der Waals surface area contributed by atoms with E-state index in [1.807, 2.05) is 13.8 Å². The molecule has 0 bridgehead atoms. The maximum absolute atomic E-state index is 13.7. The van der Waals surface area contributed by atoms with E-state index in [1.165, 1.54) is 23.1 Å². The van der Waals surface area contributed by atoms with Crippen molar-refractivity contribution >= 4 is 16.0 Å². The zero-order valence-corrected chi connectivity index (χ0v) is 14.6. The third-order valence-corrected chi connectivity index (χ3v) is 5.17. The Morgan fingerprint density at radius 2 is 1.88 bits per heavy atom. The Bertz CT molecular complexity index is 1010. The lowest BCUT2D eigenvalue weighted by atomic mass is 10.1. The van der Waals surface area contributed by atoms with Gasteiger partial charge in [-0.15, -0.1) is 5.10 Å². The Morgan fingerprint density at radius 1 is 1.12 bits per heavy atom. The average molecular weight is 360 g/mol. The van der Waals surface area contributed by atoms with Crippen molar-refractivity contribution in [2.24, 2.45) is 0 Å². The molecule has 0 radical (unpaired) electrons. The summed E-state index contributed by atoms with van der Waals surface area (Å²) in [6.07, 6.45) is 1.35. The SMILES string of the molecule is Cc1ccc(S(=O)(=O)Nc2ncn(Cc3ccccc3F)n2)cc1C. The van der Waals surface area contributed by atoms with Crippen LogP contribution in [0.1, 0.15) is 16.7 Å². The summed E-state index contributed by atoms with van der Waals surface area (Å²) in [5.41, 5.74) is 2.32. The van der Waals surface area contributed by atoms with E-state index in [4.69, 9.17) is 0 Å². The van der Waals surface area contributed by atoms with Gasteiger partial charge in [-0.25, -0.2) is 22.2 Å². The van der Waals surface area contributed by atoms with Crippen molar-refractivity contribution in [1.29, 1.82) is 0 Å². The molecule has 0 aliphatic rings. The highest BCUT2D eigenvalue weighted by Crippen LogP contribution is 2.17. The summed E-state index contributed by atoms with van der Waals surface area (Å²) in [6.45, 7) is 3.91. The summed E-state index contributed by atoms with van der Waals surface area (Å²) < 4.78 is 42.2. The summed E-state index contributed by atoms with van der Waals surface area (Å²) in [6, 6.07) is 11.2. The number of nitrogens with zero attached hydrogens (tertiary/aromatic N) is 3. The summed E-state index contributed by atoms with van der Waals surface area (Å²) in [5.74, 6) is -0.412. The fraction of sp³-hybridized carbons (Fsp3) is 0.176. The number of rotatable bonds is 5. The lowest BCUT2D eigenvalue weighted by Crippen LogP contribution is -2.14. The lowest BCUT2D eigenvalue weighted by Gasteiger charge is -2.07. The van der Waals surface area contributed by atoms with Gasteiger partial charge in [0.2, 0.25) is 0 Å². The van der Waals surface area contributed by atoms with Crippen molar-refractivity contribution in [1.82, 2.24) is 14.8 Å². The molecule has 0 amide bonds. The first kappa shape index (κ1) is 17.1. The smallest absolute Gasteiger partial charge is 0.246 e. The van der Waals surface area contributed by atoms with Gasteiger partial charge in [0, 0.05) is 5.56 Å². The van der Waals surface area contributed by atoms with Crippen LogP contribution in [0.4, 0.5) is 10.3 Å². The normalized spacial score (nSPS) is 11.5. The van der Waals surface area contributed by atoms with E-state index in [1.54, 1.807) is 30.3 Å². The topological polar surface area (TPSA) is 76.9 Å². The lowest BCUT2D eigenvalue weighted by molar-refractivity contribution is 0.584. The van der Waals surface area contributed by atoms with Crippen molar-refractivity contribution < 1.29 is 12.8 Å². The first-order chi connectivity index (χ1) is 11.8. The number of anilines is 1. The molecule has 3 rings (SSSR count). The van der Waals surface area contributed by atoms with E-state index in [2.05, 4.69) is 14.8 Å². The Morgan fingerprint density at radius 3 is 2.60 bits per heavy atom. The van der Waals surface area contributed by atoms with Gasteiger partial charge >= 0.3 is 0 Å². The molecule has 0 saturated carbocycles. The van der Waals surface area contributed by atoms with Crippen LogP contribution in [0, 0.1) is 19.7 Å². The van der Waals surface area contributed by atoms with Gasteiger partial charge in [0.25, 0.3) is 16.0 Å². The molecular formula is C17H17FN4O2S. The predicted octanol–water partition coefficient (Wildman–Crippen LogP) is 2.88. The molecule has 1 heterocycles. The molecule has 0 saturated heterocycles. The number of nitrogens with one attached hydrogen (secondary N) is 1. The molecule has 25 heavy (non-hydrogen) atoms. The minimum atomic E-state index is -3.78. The number of hydrogen-bond donors (Lipinski definition) is 1. The van der Waals surface area contributed by atoms with Crippen LogP contribution < -0.4 is 4.72 Å². The highest BCUT2D eigenvalue weighted by atomic mass is 32.2. The minimum Gasteiger partial charge on any atom is -0.246 e. The van der Waals surface area contributed by atoms with Gasteiger partial charge in [0.1, 0.15) is 12.1 Å². The second kappa shape index (κ2) is 6.64. The molecule has 6 nitrogen and oxygen atoms in total. The van der Waals surface area contributed by atoms with Crippen LogP contribution in [-0.4, -0.2) is 23.2 Å². The van der Waals surface area contributed by atoms with Gasteiger partial charge in [-0.3, -0.25) is 0 Å². The number of aryl methyl sites for hydroxylation is 2. The van der Waals surface area contributed by atoms with Crippen LogP contribution in [-0.2, 0) is 16.6 Å². The molecule has 1 aromatic heterocycles. The standard InChI is InChI=1S/C17H17FN4O2S/c1-12-7-8-15(9-13(12)2)25(23,24)21-17-19-11-22(20-17)10-14-5-3-4-6-16(14)18/h3-9,11H,10H2,1-2H3,(H,20,21). The Balaban J connectivity index is 1.78. The van der Waals surface area contributed by atoms with Gasteiger partial charge in [0.15, 0.2) is 0 Å². The molecule has 0 atom stereocenters. The fourth-order valence-corrected chi connectivity index (χ4v) is 3.31. The molecular weight excluding hydrogens is 343 g/mol. The molecule has 0 unspecified atom stereocenters. The molecule has 0 fully saturated rings. The van der Waals surface area contributed by atoms with Crippen LogP contribution in [0.25, 0.3) is 0 Å². The summed E-state index contributed by atoms with van der Waals surface area (Å²) in [5, 5.41) is 4.05. The summed E-state index contributed by atoms with van der Waals surface area (Å²) in [7, 11) is -3.78. The Labute approximate surface area is 145 Å². The van der Waals surface area contributed by atoms with Gasteiger partial charge in [0.05, 0.1) is 11.4 Å². The maximum Gasteiger partial charge on any atom is 0.264 e. The quantitative estimate of drug-likeness (QED) is 0.759. The maximum atomic E-state index is 13.7. The van der Waals surface area contributed by atoms with E-state index in [-0.39, 0.29) is 23.2 Å². The van der Waals surface area contributed by atoms with Crippen molar-refractivity contribution in [2.45, 2.75) is 25.3 Å². The van der Waals surface area contributed by atoms with Crippen LogP contribution in [0.2, 0.25) is 0 Å². The van der Waals surface area contributed by atoms with Crippen LogP contribution in [0.5, 0.6) is 0 Å². The third kappa shape index (κ3) is 3.85. The number of benzene rings is 2. The largest absolute Gasteiger partial charge is 0.264 e. The Kier molecular flexibility index (Phi) is 4.54. The van der Waals surface area contributed by atoms with Crippen molar-refractivity contribution in [2.75, 3.05) is 4.72 Å². The van der Waals surface area contributed by atoms with E-state index < -0.39 is 10.0 Å². The third-order valence-electron chi connectivity index (χ3n) is 3.84. The average Bonchev–Trinajstić information content (AvgIpc) is 2.98. The monoisotopic (exact) mass is 360 g/mol. The number of halogens is 1. The van der Waals surface area contributed by atoms with Crippen LogP contribution in [0.3, 0.4) is 0 Å². The number of sulfonamides is 1. The van der Waals surface area contributed by atoms with Crippen molar-refractivity contribution in [3.8, 4) is 0 Å². The van der Waals surface area contributed by atoms with E-state index >= 15 is 0 Å². The minimum absolute atomic E-state index is 0.0606. The fourth-order valence-electron chi connectivity index (χ4n) is 2.28. The molecule has 2 aromatic carbocycles. The summed E-state index contributed by atoms with van der Waals surface area (Å²) >= 11 is 0. The van der Waals surface area contributed by atoms with Gasteiger partial charge in [-0.05, 0) is 43.2 Å². The highest BCUT2D eigenvalue weighted by Gasteiger charge is 2.17. The molecule has 0 aliphatic carbocycles. The second-order valence-corrected chi connectivity index (χ2v) is 7.39. The van der Waals surface area contributed by atoms with Crippen molar-refractivity contribution in [3.63, 3.8) is 0 Å². The molecule has 0 aliphatic heterocycles. The van der Waals surface area contributed by atoms with Crippen LogP contribution in [0.15, 0.2) is 53.7 Å². The number of aromatic nitrogens is 3. The highest BCUT2D eigenvalue weighted by molar-refractivity contribution is 7.92. The Hall–Kier alpha value is -2.74.